The number of benzene rings is 2. The lowest BCUT2D eigenvalue weighted by molar-refractivity contribution is 0.00494. The van der Waals surface area contributed by atoms with Crippen molar-refractivity contribution in [3.63, 3.8) is 0 Å². The summed E-state index contributed by atoms with van der Waals surface area (Å²) in [6.07, 6.45) is 0.991. The monoisotopic (exact) mass is 272 g/mol. The summed E-state index contributed by atoms with van der Waals surface area (Å²) < 4.78 is 16.6. The van der Waals surface area contributed by atoms with Crippen LogP contribution in [0.3, 0.4) is 0 Å². The summed E-state index contributed by atoms with van der Waals surface area (Å²) in [7, 11) is 0. The van der Waals surface area contributed by atoms with E-state index in [1.54, 1.807) is 0 Å². The number of hydrogen-bond donors (Lipinski definition) is 0. The van der Waals surface area contributed by atoms with E-state index in [0.717, 1.165) is 23.5 Å². The van der Waals surface area contributed by atoms with Crippen LogP contribution in [0.2, 0.25) is 0 Å². The fourth-order valence-electron chi connectivity index (χ4n) is 1.72. The molecule has 106 valence electrons. The van der Waals surface area contributed by atoms with Gasteiger partial charge in [0, 0.05) is 6.07 Å². The highest BCUT2D eigenvalue weighted by Gasteiger charge is 1.98. The molecule has 0 aliphatic rings. The zero-order chi connectivity index (χ0) is 14.0. The fourth-order valence-corrected chi connectivity index (χ4v) is 1.72. The predicted molar refractivity (Wildman–Crippen MR) is 79.0 cm³/mol. The Balaban J connectivity index is 1.73. The molecular weight excluding hydrogens is 252 g/mol. The minimum absolute atomic E-state index is 0.228. The van der Waals surface area contributed by atoms with E-state index in [1.165, 1.54) is 0 Å². The quantitative estimate of drug-likeness (QED) is 0.536. The minimum Gasteiger partial charge on any atom is -0.493 e. The zero-order valence-corrected chi connectivity index (χ0v) is 11.7. The van der Waals surface area contributed by atoms with E-state index in [-0.39, 0.29) is 6.79 Å². The van der Waals surface area contributed by atoms with Crippen LogP contribution < -0.4 is 9.47 Å². The molecule has 0 aliphatic carbocycles. The first-order valence-electron chi connectivity index (χ1n) is 6.86. The van der Waals surface area contributed by atoms with E-state index >= 15 is 0 Å². The Morgan fingerprint density at radius 3 is 2.35 bits per heavy atom. The molecule has 3 nitrogen and oxygen atoms in total. The lowest BCUT2D eigenvalue weighted by atomic mass is 10.2. The second-order valence-corrected chi connectivity index (χ2v) is 4.42. The fraction of sp³-hybridized carbons (Fsp3) is 0.294. The summed E-state index contributed by atoms with van der Waals surface area (Å²) in [6, 6.07) is 17.6. The Morgan fingerprint density at radius 2 is 1.60 bits per heavy atom. The van der Waals surface area contributed by atoms with Gasteiger partial charge in [0.2, 0.25) is 0 Å². The number of hydrogen-bond acceptors (Lipinski definition) is 3. The van der Waals surface area contributed by atoms with E-state index in [4.69, 9.17) is 14.2 Å². The van der Waals surface area contributed by atoms with Crippen molar-refractivity contribution in [2.45, 2.75) is 20.0 Å². The number of ether oxygens (including phenoxy) is 3. The van der Waals surface area contributed by atoms with Gasteiger partial charge in [-0.3, -0.25) is 0 Å². The topological polar surface area (TPSA) is 27.7 Å². The van der Waals surface area contributed by atoms with E-state index in [9.17, 15) is 0 Å². The largest absolute Gasteiger partial charge is 0.493 e. The van der Waals surface area contributed by atoms with Gasteiger partial charge in [-0.25, -0.2) is 0 Å². The molecular formula is C17H20O3. The Kier molecular flexibility index (Phi) is 5.93. The van der Waals surface area contributed by atoms with Crippen LogP contribution in [-0.2, 0) is 11.3 Å². The summed E-state index contributed by atoms with van der Waals surface area (Å²) in [5, 5.41) is 0. The zero-order valence-electron chi connectivity index (χ0n) is 11.7. The van der Waals surface area contributed by atoms with Crippen molar-refractivity contribution in [2.24, 2.45) is 0 Å². The Labute approximate surface area is 120 Å². The SMILES string of the molecule is CCCOc1cccc(OCOCc2ccccc2)c1. The first-order chi connectivity index (χ1) is 9.88. The van der Waals surface area contributed by atoms with Gasteiger partial charge in [0.15, 0.2) is 6.79 Å². The van der Waals surface area contributed by atoms with Crippen LogP contribution in [-0.4, -0.2) is 13.4 Å². The van der Waals surface area contributed by atoms with Gasteiger partial charge in [-0.2, -0.15) is 0 Å². The molecule has 0 saturated carbocycles. The van der Waals surface area contributed by atoms with Crippen molar-refractivity contribution in [2.75, 3.05) is 13.4 Å². The van der Waals surface area contributed by atoms with Crippen molar-refractivity contribution in [3.05, 3.63) is 60.2 Å². The number of rotatable bonds is 8. The maximum absolute atomic E-state index is 5.55. The van der Waals surface area contributed by atoms with Crippen molar-refractivity contribution < 1.29 is 14.2 Å². The van der Waals surface area contributed by atoms with E-state index in [0.29, 0.717) is 13.2 Å². The summed E-state index contributed by atoms with van der Waals surface area (Å²) >= 11 is 0. The first kappa shape index (κ1) is 14.4. The van der Waals surface area contributed by atoms with Crippen LogP contribution in [0.25, 0.3) is 0 Å². The van der Waals surface area contributed by atoms with Gasteiger partial charge >= 0.3 is 0 Å². The second-order valence-electron chi connectivity index (χ2n) is 4.42. The predicted octanol–water partition coefficient (Wildman–Crippen LogP) is 4.03. The van der Waals surface area contributed by atoms with Crippen LogP contribution in [0.4, 0.5) is 0 Å². The van der Waals surface area contributed by atoms with Crippen LogP contribution >= 0.6 is 0 Å². The maximum Gasteiger partial charge on any atom is 0.189 e. The molecule has 0 spiro atoms. The van der Waals surface area contributed by atoms with Gasteiger partial charge in [0.05, 0.1) is 13.2 Å². The van der Waals surface area contributed by atoms with Gasteiger partial charge in [0.1, 0.15) is 11.5 Å². The lowest BCUT2D eigenvalue weighted by Gasteiger charge is -2.09. The molecule has 0 amide bonds. The maximum atomic E-state index is 5.55. The standard InChI is InChI=1S/C17H20O3/c1-2-11-19-16-9-6-10-17(12-16)20-14-18-13-15-7-4-3-5-8-15/h3-10,12H,2,11,13-14H2,1H3. The highest BCUT2D eigenvalue weighted by atomic mass is 16.7. The molecule has 0 N–H and O–H groups in total. The van der Waals surface area contributed by atoms with E-state index < -0.39 is 0 Å². The van der Waals surface area contributed by atoms with Crippen LogP contribution in [0.5, 0.6) is 11.5 Å². The third kappa shape index (κ3) is 4.94. The smallest absolute Gasteiger partial charge is 0.189 e. The summed E-state index contributed by atoms with van der Waals surface area (Å²) in [4.78, 5) is 0. The Morgan fingerprint density at radius 1 is 0.850 bits per heavy atom. The Hall–Kier alpha value is -2.00. The van der Waals surface area contributed by atoms with E-state index in [1.807, 2.05) is 54.6 Å². The molecule has 0 fully saturated rings. The molecule has 2 aromatic rings. The molecule has 0 heterocycles. The average Bonchev–Trinajstić information content (AvgIpc) is 2.51. The highest BCUT2D eigenvalue weighted by Crippen LogP contribution is 2.19. The summed E-state index contributed by atoms with van der Waals surface area (Å²) in [5.74, 6) is 1.58. The molecule has 3 heteroatoms. The van der Waals surface area contributed by atoms with Gasteiger partial charge in [-0.05, 0) is 24.1 Å². The minimum atomic E-state index is 0.228. The van der Waals surface area contributed by atoms with Crippen molar-refractivity contribution in [1.82, 2.24) is 0 Å². The highest BCUT2D eigenvalue weighted by molar-refractivity contribution is 5.32. The molecule has 0 saturated heterocycles. The molecule has 2 aromatic carbocycles. The van der Waals surface area contributed by atoms with Crippen LogP contribution in [0, 0.1) is 0 Å². The van der Waals surface area contributed by atoms with Gasteiger partial charge < -0.3 is 14.2 Å². The third-order valence-corrected chi connectivity index (χ3v) is 2.70. The normalized spacial score (nSPS) is 10.2. The lowest BCUT2D eigenvalue weighted by Crippen LogP contribution is -2.03. The molecule has 0 aromatic heterocycles. The second kappa shape index (κ2) is 8.23. The molecule has 0 atom stereocenters. The molecule has 2 rings (SSSR count). The van der Waals surface area contributed by atoms with Gasteiger partial charge in [0.25, 0.3) is 0 Å². The molecule has 20 heavy (non-hydrogen) atoms. The molecule has 0 unspecified atom stereocenters. The first-order valence-corrected chi connectivity index (χ1v) is 6.86. The molecule has 0 aliphatic heterocycles. The summed E-state index contributed by atoms with van der Waals surface area (Å²) in [6.45, 7) is 3.57. The van der Waals surface area contributed by atoms with Crippen molar-refractivity contribution >= 4 is 0 Å². The van der Waals surface area contributed by atoms with Crippen molar-refractivity contribution in [1.29, 1.82) is 0 Å². The van der Waals surface area contributed by atoms with Gasteiger partial charge in [-0.1, -0.05) is 43.3 Å². The van der Waals surface area contributed by atoms with Crippen LogP contribution in [0.1, 0.15) is 18.9 Å². The van der Waals surface area contributed by atoms with E-state index in [2.05, 4.69) is 6.92 Å². The van der Waals surface area contributed by atoms with Gasteiger partial charge in [-0.15, -0.1) is 0 Å². The Bertz CT molecular complexity index is 497. The average molecular weight is 272 g/mol. The third-order valence-electron chi connectivity index (χ3n) is 2.70. The van der Waals surface area contributed by atoms with Crippen molar-refractivity contribution in [3.8, 4) is 11.5 Å². The molecule has 0 radical (unpaired) electrons. The summed E-state index contributed by atoms with van der Waals surface area (Å²) in [5.41, 5.74) is 1.14. The van der Waals surface area contributed by atoms with Crippen LogP contribution in [0.15, 0.2) is 54.6 Å². The molecule has 0 bridgehead atoms.